The summed E-state index contributed by atoms with van der Waals surface area (Å²) in [4.78, 5) is 11.9. The molecule has 0 atom stereocenters. The van der Waals surface area contributed by atoms with Crippen LogP contribution in [0.15, 0.2) is 59.5 Å². The molecule has 0 heterocycles. The van der Waals surface area contributed by atoms with Gasteiger partial charge in [-0.2, -0.15) is 12.8 Å². The van der Waals surface area contributed by atoms with Crippen LogP contribution in [0.5, 0.6) is 0 Å². The monoisotopic (exact) mass is 318 g/mol. The number of nitrogens with two attached hydrogens (primary N) is 1. The third-order valence-electron chi connectivity index (χ3n) is 2.86. The molecule has 2 aromatic rings. The number of amides is 1. The summed E-state index contributed by atoms with van der Waals surface area (Å²) in [7, 11) is -3.83. The van der Waals surface area contributed by atoms with Gasteiger partial charge in [-0.3, -0.25) is 10.5 Å². The fourth-order valence-electron chi connectivity index (χ4n) is 1.73. The van der Waals surface area contributed by atoms with Crippen LogP contribution in [0.25, 0.3) is 0 Å². The SMILES string of the molecule is Cc1ccc(S(=O)(=O)[NH+]=C(N)NC(=O)c2ccccc2)cc1. The summed E-state index contributed by atoms with van der Waals surface area (Å²) in [5.41, 5.74) is 6.87. The van der Waals surface area contributed by atoms with Gasteiger partial charge in [0.05, 0.1) is 5.56 Å². The Morgan fingerprint density at radius 2 is 1.64 bits per heavy atom. The lowest BCUT2D eigenvalue weighted by Gasteiger charge is -2.01. The fourth-order valence-corrected chi connectivity index (χ4v) is 2.68. The zero-order chi connectivity index (χ0) is 16.2. The molecule has 0 bridgehead atoms. The second kappa shape index (κ2) is 6.40. The van der Waals surface area contributed by atoms with Crippen molar-refractivity contribution in [3.8, 4) is 0 Å². The fraction of sp³-hybridized carbons (Fsp3) is 0.0667. The van der Waals surface area contributed by atoms with Crippen LogP contribution in [0.4, 0.5) is 0 Å². The normalized spacial score (nSPS) is 12.0. The molecule has 0 aromatic heterocycles. The lowest BCUT2D eigenvalue weighted by atomic mass is 10.2. The first-order valence-electron chi connectivity index (χ1n) is 6.47. The van der Waals surface area contributed by atoms with Crippen LogP contribution in [0.2, 0.25) is 0 Å². The molecule has 1 amide bonds. The maximum atomic E-state index is 12.1. The van der Waals surface area contributed by atoms with Crippen LogP contribution < -0.4 is 15.4 Å². The van der Waals surface area contributed by atoms with Gasteiger partial charge in [0.2, 0.25) is 0 Å². The van der Waals surface area contributed by atoms with Crippen molar-refractivity contribution in [1.29, 1.82) is 0 Å². The zero-order valence-electron chi connectivity index (χ0n) is 11.9. The molecule has 22 heavy (non-hydrogen) atoms. The molecule has 0 aliphatic rings. The predicted molar refractivity (Wildman–Crippen MR) is 82.4 cm³/mol. The Bertz CT molecular complexity index is 798. The smallest absolute Gasteiger partial charge is 0.290 e. The van der Waals surface area contributed by atoms with Crippen molar-refractivity contribution in [1.82, 2.24) is 5.32 Å². The first-order chi connectivity index (χ1) is 10.4. The number of carbonyl (C=O) groups excluding carboxylic acids is 1. The van der Waals surface area contributed by atoms with Gasteiger partial charge in [0.1, 0.15) is 4.90 Å². The molecule has 0 radical (unpaired) electrons. The second-order valence-electron chi connectivity index (χ2n) is 4.65. The highest BCUT2D eigenvalue weighted by molar-refractivity contribution is 7.84. The van der Waals surface area contributed by atoms with E-state index in [2.05, 4.69) is 9.71 Å². The molecule has 0 fully saturated rings. The summed E-state index contributed by atoms with van der Waals surface area (Å²) in [5.74, 6) is -0.848. The summed E-state index contributed by atoms with van der Waals surface area (Å²) < 4.78 is 26.3. The molecule has 0 aliphatic heterocycles. The molecular weight excluding hydrogens is 302 g/mol. The minimum atomic E-state index is -3.83. The highest BCUT2D eigenvalue weighted by Gasteiger charge is 2.18. The van der Waals surface area contributed by atoms with E-state index < -0.39 is 15.9 Å². The van der Waals surface area contributed by atoms with Gasteiger partial charge in [-0.1, -0.05) is 35.9 Å². The topological polar surface area (TPSA) is 103 Å². The van der Waals surface area contributed by atoms with E-state index in [0.717, 1.165) is 5.56 Å². The Morgan fingerprint density at radius 1 is 1.05 bits per heavy atom. The summed E-state index contributed by atoms with van der Waals surface area (Å²) in [6.45, 7) is 1.85. The van der Waals surface area contributed by atoms with Crippen molar-refractivity contribution < 1.29 is 17.6 Å². The summed E-state index contributed by atoms with van der Waals surface area (Å²) in [6, 6.07) is 14.6. The van der Waals surface area contributed by atoms with Crippen molar-refractivity contribution in [2.45, 2.75) is 11.8 Å². The lowest BCUT2D eigenvalue weighted by Crippen LogP contribution is -2.81. The molecule has 4 N–H and O–H groups in total. The molecule has 0 unspecified atom stereocenters. The number of carbonyl (C=O) groups is 1. The van der Waals surface area contributed by atoms with Crippen LogP contribution >= 0.6 is 0 Å². The van der Waals surface area contributed by atoms with E-state index in [1.807, 2.05) is 6.92 Å². The number of guanidine groups is 1. The van der Waals surface area contributed by atoms with Gasteiger partial charge >= 0.3 is 21.9 Å². The van der Waals surface area contributed by atoms with Gasteiger partial charge in [0.25, 0.3) is 0 Å². The first kappa shape index (κ1) is 15.7. The Kier molecular flexibility index (Phi) is 4.57. The molecule has 6 nitrogen and oxygen atoms in total. The van der Waals surface area contributed by atoms with E-state index in [9.17, 15) is 13.2 Å². The first-order valence-corrected chi connectivity index (χ1v) is 7.95. The molecule has 0 saturated heterocycles. The summed E-state index contributed by atoms with van der Waals surface area (Å²) in [6.07, 6.45) is 0. The largest absolute Gasteiger partial charge is 0.363 e. The Labute approximate surface area is 128 Å². The molecule has 2 rings (SSSR count). The average Bonchev–Trinajstić information content (AvgIpc) is 2.48. The molecule has 7 heteroatoms. The van der Waals surface area contributed by atoms with Crippen LogP contribution in [-0.2, 0) is 10.0 Å². The Morgan fingerprint density at radius 3 is 2.23 bits per heavy atom. The maximum Gasteiger partial charge on any atom is 0.363 e. The number of rotatable bonds is 3. The molecule has 2 aromatic carbocycles. The Balaban J connectivity index is 2.18. The number of aryl methyl sites for hydroxylation is 1. The highest BCUT2D eigenvalue weighted by Crippen LogP contribution is 2.06. The van der Waals surface area contributed by atoms with Gasteiger partial charge in [-0.15, -0.1) is 0 Å². The third-order valence-corrected chi connectivity index (χ3v) is 4.24. The second-order valence-corrected chi connectivity index (χ2v) is 6.33. The Hall–Kier alpha value is -2.67. The highest BCUT2D eigenvalue weighted by atomic mass is 32.2. The molecular formula is C15H16N3O3S+. The van der Waals surface area contributed by atoms with E-state index >= 15 is 0 Å². The minimum Gasteiger partial charge on any atom is -0.290 e. The van der Waals surface area contributed by atoms with Crippen molar-refractivity contribution in [3.63, 3.8) is 0 Å². The maximum absolute atomic E-state index is 12.1. The van der Waals surface area contributed by atoms with Gasteiger partial charge in [-0.25, -0.2) is 5.32 Å². The van der Waals surface area contributed by atoms with Crippen LogP contribution in [0.3, 0.4) is 0 Å². The van der Waals surface area contributed by atoms with Crippen LogP contribution in [-0.4, -0.2) is 20.3 Å². The van der Waals surface area contributed by atoms with Crippen molar-refractivity contribution in [2.24, 2.45) is 5.73 Å². The number of nitrogens with one attached hydrogen (secondary N) is 2. The quantitative estimate of drug-likeness (QED) is 0.525. The van der Waals surface area contributed by atoms with Crippen LogP contribution in [0.1, 0.15) is 15.9 Å². The van der Waals surface area contributed by atoms with Gasteiger partial charge in [0.15, 0.2) is 0 Å². The van der Waals surface area contributed by atoms with E-state index in [1.165, 1.54) is 12.1 Å². The standard InChI is InChI=1S/C15H15N3O3S/c1-11-7-9-13(10-8-11)22(20,21)18-15(16)17-14(19)12-5-3-2-4-6-12/h2-10H,1H3,(H3,16,17,18,19)/p+1. The van der Waals surface area contributed by atoms with E-state index in [0.29, 0.717) is 5.56 Å². The van der Waals surface area contributed by atoms with Gasteiger partial charge in [-0.05, 0) is 31.2 Å². The van der Waals surface area contributed by atoms with Gasteiger partial charge in [0, 0.05) is 0 Å². The average molecular weight is 318 g/mol. The predicted octanol–water partition coefficient (Wildman–Crippen LogP) is -0.491. The lowest BCUT2D eigenvalue weighted by molar-refractivity contribution is -0.271. The van der Waals surface area contributed by atoms with Crippen molar-refractivity contribution >= 4 is 21.9 Å². The number of hydrogen-bond donors (Lipinski definition) is 3. The number of hydrogen-bond acceptors (Lipinski definition) is 3. The van der Waals surface area contributed by atoms with E-state index in [4.69, 9.17) is 5.73 Å². The molecule has 0 aliphatic carbocycles. The summed E-state index contributed by atoms with van der Waals surface area (Å²) in [5, 5.41) is 2.30. The van der Waals surface area contributed by atoms with Gasteiger partial charge < -0.3 is 0 Å². The van der Waals surface area contributed by atoms with E-state index in [-0.39, 0.29) is 10.9 Å². The van der Waals surface area contributed by atoms with Crippen LogP contribution in [0, 0.1) is 6.92 Å². The number of sulfonamides is 1. The van der Waals surface area contributed by atoms with Crippen molar-refractivity contribution in [2.75, 3.05) is 0 Å². The number of benzene rings is 2. The third kappa shape index (κ3) is 3.92. The zero-order valence-corrected chi connectivity index (χ0v) is 12.7. The molecule has 114 valence electrons. The van der Waals surface area contributed by atoms with Crippen molar-refractivity contribution in [3.05, 3.63) is 65.7 Å². The summed E-state index contributed by atoms with van der Waals surface area (Å²) >= 11 is 0. The minimum absolute atomic E-state index is 0.0648. The molecule has 0 spiro atoms. The van der Waals surface area contributed by atoms with E-state index in [1.54, 1.807) is 42.5 Å². The molecule has 0 saturated carbocycles.